The molecule has 1 aliphatic carbocycles. The Balaban J connectivity index is 1.41. The van der Waals surface area contributed by atoms with Crippen molar-refractivity contribution in [3.8, 4) is 11.6 Å². The molecule has 1 aromatic carbocycles. The highest BCUT2D eigenvalue weighted by Gasteiger charge is 2.24. The van der Waals surface area contributed by atoms with Gasteiger partial charge in [-0.15, -0.1) is 10.2 Å². The first-order valence-corrected chi connectivity index (χ1v) is 10.6. The molecule has 5 rings (SSSR count). The summed E-state index contributed by atoms with van der Waals surface area (Å²) < 4.78 is 5.31. The van der Waals surface area contributed by atoms with Crippen LogP contribution in [-0.4, -0.2) is 34.4 Å². The third kappa shape index (κ3) is 3.11. The normalized spacial score (nSPS) is 13.2. The van der Waals surface area contributed by atoms with Gasteiger partial charge in [0.1, 0.15) is 0 Å². The first kappa shape index (κ1) is 18.0. The SMILES string of the molecule is Cc1cc(C)n(-c2nnc(SCc3nn(-c4ccccc4)c4c3CCC4)n2N)n1. The molecule has 148 valence electrons. The first-order valence-electron chi connectivity index (χ1n) is 9.64. The first-order chi connectivity index (χ1) is 14.1. The minimum Gasteiger partial charge on any atom is -0.334 e. The second-order valence-electron chi connectivity index (χ2n) is 7.25. The molecule has 4 aromatic rings. The summed E-state index contributed by atoms with van der Waals surface area (Å²) in [5.41, 5.74) is 6.78. The van der Waals surface area contributed by atoms with Crippen LogP contribution < -0.4 is 5.84 Å². The summed E-state index contributed by atoms with van der Waals surface area (Å²) in [6.07, 6.45) is 3.31. The van der Waals surface area contributed by atoms with E-state index in [0.29, 0.717) is 16.9 Å². The topological polar surface area (TPSA) is 92.4 Å². The summed E-state index contributed by atoms with van der Waals surface area (Å²) in [4.78, 5) is 0. The van der Waals surface area contributed by atoms with Gasteiger partial charge in [0.15, 0.2) is 0 Å². The average molecular weight is 407 g/mol. The Morgan fingerprint density at radius 2 is 1.86 bits per heavy atom. The van der Waals surface area contributed by atoms with Gasteiger partial charge in [0.25, 0.3) is 5.95 Å². The Morgan fingerprint density at radius 3 is 2.62 bits per heavy atom. The zero-order chi connectivity index (χ0) is 20.0. The second kappa shape index (κ2) is 7.07. The van der Waals surface area contributed by atoms with Gasteiger partial charge >= 0.3 is 0 Å². The highest BCUT2D eigenvalue weighted by Crippen LogP contribution is 2.31. The van der Waals surface area contributed by atoms with Gasteiger partial charge in [0, 0.05) is 17.1 Å². The molecule has 0 amide bonds. The summed E-state index contributed by atoms with van der Waals surface area (Å²) in [7, 11) is 0. The zero-order valence-electron chi connectivity index (χ0n) is 16.4. The van der Waals surface area contributed by atoms with Crippen molar-refractivity contribution < 1.29 is 0 Å². The predicted octanol–water partition coefficient (Wildman–Crippen LogP) is 2.76. The van der Waals surface area contributed by atoms with Crippen LogP contribution in [0, 0.1) is 13.8 Å². The molecular formula is C20H22N8S. The quantitative estimate of drug-likeness (QED) is 0.405. The van der Waals surface area contributed by atoms with Crippen molar-refractivity contribution in [3.05, 3.63) is 64.7 Å². The number of fused-ring (bicyclic) bond motifs is 1. The van der Waals surface area contributed by atoms with E-state index in [1.807, 2.05) is 38.1 Å². The summed E-state index contributed by atoms with van der Waals surface area (Å²) >= 11 is 1.55. The number of aryl methyl sites for hydroxylation is 2. The molecule has 0 fully saturated rings. The Kier molecular flexibility index (Phi) is 4.39. The number of rotatable bonds is 5. The fraction of sp³-hybridized carbons (Fsp3) is 0.300. The van der Waals surface area contributed by atoms with Gasteiger partial charge < -0.3 is 5.84 Å². The summed E-state index contributed by atoms with van der Waals surface area (Å²) in [6.45, 7) is 3.92. The number of thioether (sulfide) groups is 1. The van der Waals surface area contributed by atoms with E-state index in [0.717, 1.165) is 35.6 Å². The summed E-state index contributed by atoms with van der Waals surface area (Å²) in [5.74, 6) is 7.49. The third-order valence-corrected chi connectivity index (χ3v) is 6.15. The number of nitrogen functional groups attached to an aromatic ring is 1. The van der Waals surface area contributed by atoms with Crippen molar-refractivity contribution in [2.45, 2.75) is 44.0 Å². The van der Waals surface area contributed by atoms with E-state index in [4.69, 9.17) is 10.9 Å². The molecule has 3 aromatic heterocycles. The van der Waals surface area contributed by atoms with Crippen LogP contribution in [-0.2, 0) is 18.6 Å². The molecule has 0 bridgehead atoms. The molecule has 0 atom stereocenters. The van der Waals surface area contributed by atoms with Crippen LogP contribution in [0.2, 0.25) is 0 Å². The van der Waals surface area contributed by atoms with Gasteiger partial charge in [0.05, 0.1) is 17.1 Å². The van der Waals surface area contributed by atoms with E-state index in [1.54, 1.807) is 16.4 Å². The van der Waals surface area contributed by atoms with Gasteiger partial charge in [-0.05, 0) is 56.9 Å². The van der Waals surface area contributed by atoms with Crippen LogP contribution >= 0.6 is 11.8 Å². The second-order valence-corrected chi connectivity index (χ2v) is 8.20. The molecule has 0 unspecified atom stereocenters. The van der Waals surface area contributed by atoms with Crippen molar-refractivity contribution in [1.29, 1.82) is 0 Å². The lowest BCUT2D eigenvalue weighted by atomic mass is 10.2. The molecule has 0 spiro atoms. The number of benzene rings is 1. The summed E-state index contributed by atoms with van der Waals surface area (Å²) in [6, 6.07) is 12.3. The minimum atomic E-state index is 0.512. The van der Waals surface area contributed by atoms with Crippen molar-refractivity contribution in [2.24, 2.45) is 0 Å². The highest BCUT2D eigenvalue weighted by molar-refractivity contribution is 7.98. The van der Waals surface area contributed by atoms with Gasteiger partial charge in [-0.1, -0.05) is 30.0 Å². The maximum absolute atomic E-state index is 6.27. The number of para-hydroxylation sites is 1. The zero-order valence-corrected chi connectivity index (χ0v) is 17.2. The molecule has 8 nitrogen and oxygen atoms in total. The number of hydrogen-bond donors (Lipinski definition) is 1. The van der Waals surface area contributed by atoms with Crippen LogP contribution in [0.25, 0.3) is 11.6 Å². The Bertz CT molecular complexity index is 1170. The molecule has 0 radical (unpaired) electrons. The van der Waals surface area contributed by atoms with Crippen molar-refractivity contribution in [2.75, 3.05) is 5.84 Å². The molecular weight excluding hydrogens is 384 g/mol. The van der Waals surface area contributed by atoms with Crippen LogP contribution in [0.3, 0.4) is 0 Å². The van der Waals surface area contributed by atoms with E-state index in [-0.39, 0.29) is 0 Å². The Morgan fingerprint density at radius 1 is 1.03 bits per heavy atom. The summed E-state index contributed by atoms with van der Waals surface area (Å²) in [5, 5.41) is 18.5. The fourth-order valence-corrected chi connectivity index (χ4v) is 4.71. The van der Waals surface area contributed by atoms with Crippen molar-refractivity contribution in [1.82, 2.24) is 34.4 Å². The van der Waals surface area contributed by atoms with E-state index < -0.39 is 0 Å². The molecule has 29 heavy (non-hydrogen) atoms. The molecule has 0 saturated heterocycles. The van der Waals surface area contributed by atoms with Crippen LogP contribution in [0.15, 0.2) is 41.6 Å². The number of aromatic nitrogens is 7. The average Bonchev–Trinajstić information content (AvgIpc) is 3.46. The Hall–Kier alpha value is -3.07. The van der Waals surface area contributed by atoms with E-state index in [9.17, 15) is 0 Å². The molecule has 3 heterocycles. The lowest BCUT2D eigenvalue weighted by Gasteiger charge is -2.05. The molecule has 1 aliphatic rings. The molecule has 0 aliphatic heterocycles. The molecule has 0 saturated carbocycles. The third-order valence-electron chi connectivity index (χ3n) is 5.20. The lowest BCUT2D eigenvalue weighted by Crippen LogP contribution is -2.17. The standard InChI is InChI=1S/C20H22N8S/c1-13-11-14(2)27(24-13)19-22-23-20(26(19)21)29-12-17-16-9-6-10-18(16)28(25-17)15-7-4-3-5-8-15/h3-5,7-8,11H,6,9-10,12,21H2,1-2H3. The van der Waals surface area contributed by atoms with Crippen molar-refractivity contribution >= 4 is 11.8 Å². The van der Waals surface area contributed by atoms with Gasteiger partial charge in [-0.2, -0.15) is 10.2 Å². The number of nitrogens with two attached hydrogens (primary N) is 1. The lowest BCUT2D eigenvalue weighted by molar-refractivity contribution is 0.726. The van der Waals surface area contributed by atoms with Crippen LogP contribution in [0.4, 0.5) is 0 Å². The van der Waals surface area contributed by atoms with E-state index in [2.05, 4.69) is 32.1 Å². The predicted molar refractivity (Wildman–Crippen MR) is 112 cm³/mol. The molecule has 9 heteroatoms. The minimum absolute atomic E-state index is 0.512. The molecule has 2 N–H and O–H groups in total. The van der Waals surface area contributed by atoms with E-state index in [1.165, 1.54) is 22.4 Å². The van der Waals surface area contributed by atoms with Gasteiger partial charge in [-0.25, -0.2) is 14.0 Å². The monoisotopic (exact) mass is 406 g/mol. The largest absolute Gasteiger partial charge is 0.334 e. The maximum Gasteiger partial charge on any atom is 0.271 e. The van der Waals surface area contributed by atoms with Gasteiger partial charge in [0.2, 0.25) is 5.16 Å². The number of hydrogen-bond acceptors (Lipinski definition) is 6. The van der Waals surface area contributed by atoms with Crippen LogP contribution in [0.1, 0.15) is 34.8 Å². The highest BCUT2D eigenvalue weighted by atomic mass is 32.2. The number of nitrogens with zero attached hydrogens (tertiary/aromatic N) is 7. The fourth-order valence-electron chi connectivity index (χ4n) is 3.89. The Labute approximate surface area is 172 Å². The van der Waals surface area contributed by atoms with Gasteiger partial charge in [-0.3, -0.25) is 0 Å². The van der Waals surface area contributed by atoms with Crippen molar-refractivity contribution in [3.63, 3.8) is 0 Å². The van der Waals surface area contributed by atoms with Crippen LogP contribution in [0.5, 0.6) is 0 Å². The van der Waals surface area contributed by atoms with E-state index >= 15 is 0 Å². The maximum atomic E-state index is 6.27. The smallest absolute Gasteiger partial charge is 0.271 e.